The van der Waals surface area contributed by atoms with Crippen LogP contribution in [0.3, 0.4) is 0 Å². The average Bonchev–Trinajstić information content (AvgIpc) is 2.82. The van der Waals surface area contributed by atoms with Crippen LogP contribution in [0, 0.1) is 5.82 Å². The molecule has 1 aromatic carbocycles. The molecule has 0 unspecified atom stereocenters. The molecular formula is C12H15FN2O2. The number of hydrogen-bond acceptors (Lipinski definition) is 2. The van der Waals surface area contributed by atoms with E-state index in [-0.39, 0.29) is 11.8 Å². The number of ether oxygens (including phenoxy) is 1. The predicted octanol–water partition coefficient (Wildman–Crippen LogP) is 2.13. The Morgan fingerprint density at radius 1 is 1.47 bits per heavy atom. The molecule has 0 spiro atoms. The Morgan fingerprint density at radius 3 is 3.00 bits per heavy atom. The summed E-state index contributed by atoms with van der Waals surface area (Å²) >= 11 is 0. The van der Waals surface area contributed by atoms with Gasteiger partial charge in [-0.3, -0.25) is 0 Å². The van der Waals surface area contributed by atoms with Crippen LogP contribution >= 0.6 is 0 Å². The number of carbonyl (C=O) groups excluding carboxylic acids is 1. The van der Waals surface area contributed by atoms with E-state index in [2.05, 4.69) is 10.6 Å². The third kappa shape index (κ3) is 3.42. The highest BCUT2D eigenvalue weighted by atomic mass is 19.1. The number of halogens is 1. The van der Waals surface area contributed by atoms with Crippen molar-refractivity contribution in [2.75, 3.05) is 18.5 Å². The molecule has 0 bridgehead atoms. The Morgan fingerprint density at radius 2 is 2.29 bits per heavy atom. The summed E-state index contributed by atoms with van der Waals surface area (Å²) in [7, 11) is 0. The van der Waals surface area contributed by atoms with Gasteiger partial charge in [-0.2, -0.15) is 0 Å². The van der Waals surface area contributed by atoms with Gasteiger partial charge in [-0.25, -0.2) is 9.18 Å². The van der Waals surface area contributed by atoms with Gasteiger partial charge < -0.3 is 15.4 Å². The quantitative estimate of drug-likeness (QED) is 0.847. The first-order valence-corrected chi connectivity index (χ1v) is 5.66. The van der Waals surface area contributed by atoms with Crippen molar-refractivity contribution in [2.24, 2.45) is 0 Å². The van der Waals surface area contributed by atoms with Crippen LogP contribution in [-0.4, -0.2) is 25.3 Å². The normalized spacial score (nSPS) is 19.0. The van der Waals surface area contributed by atoms with Crippen LogP contribution < -0.4 is 10.6 Å². The fourth-order valence-corrected chi connectivity index (χ4v) is 1.74. The lowest BCUT2D eigenvalue weighted by molar-refractivity contribution is 0.112. The largest absolute Gasteiger partial charge is 0.376 e. The fraction of sp³-hybridized carbons (Fsp3) is 0.417. The highest BCUT2D eigenvalue weighted by molar-refractivity contribution is 5.89. The third-order valence-electron chi connectivity index (χ3n) is 2.64. The molecule has 2 amide bonds. The number of benzene rings is 1. The smallest absolute Gasteiger partial charge is 0.319 e. The van der Waals surface area contributed by atoms with Crippen molar-refractivity contribution >= 4 is 11.7 Å². The Balaban J connectivity index is 1.79. The first-order chi connectivity index (χ1) is 8.25. The second-order valence-corrected chi connectivity index (χ2v) is 3.95. The molecule has 0 aromatic heterocycles. The minimum Gasteiger partial charge on any atom is -0.376 e. The van der Waals surface area contributed by atoms with Gasteiger partial charge in [0.05, 0.1) is 11.8 Å². The maximum Gasteiger partial charge on any atom is 0.319 e. The Labute approximate surface area is 99.2 Å². The van der Waals surface area contributed by atoms with Crippen LogP contribution in [0.5, 0.6) is 0 Å². The van der Waals surface area contributed by atoms with Gasteiger partial charge in [-0.1, -0.05) is 12.1 Å². The number of amides is 2. The number of hydrogen-bond donors (Lipinski definition) is 2. The molecule has 0 aliphatic carbocycles. The molecule has 1 fully saturated rings. The van der Waals surface area contributed by atoms with Gasteiger partial charge in [0.1, 0.15) is 5.82 Å². The molecule has 2 N–H and O–H groups in total. The molecule has 1 heterocycles. The van der Waals surface area contributed by atoms with Crippen molar-refractivity contribution < 1.29 is 13.9 Å². The summed E-state index contributed by atoms with van der Waals surface area (Å²) in [6.45, 7) is 1.21. The van der Waals surface area contributed by atoms with E-state index in [1.807, 2.05) is 0 Å². The van der Waals surface area contributed by atoms with Crippen LogP contribution in [0.1, 0.15) is 12.8 Å². The molecule has 1 atom stereocenters. The summed E-state index contributed by atoms with van der Waals surface area (Å²) in [6, 6.07) is 5.64. The second kappa shape index (κ2) is 5.63. The van der Waals surface area contributed by atoms with Gasteiger partial charge in [0.15, 0.2) is 0 Å². The van der Waals surface area contributed by atoms with Gasteiger partial charge in [0, 0.05) is 13.2 Å². The highest BCUT2D eigenvalue weighted by Gasteiger charge is 2.16. The van der Waals surface area contributed by atoms with E-state index in [1.165, 1.54) is 12.1 Å². The van der Waals surface area contributed by atoms with E-state index in [9.17, 15) is 9.18 Å². The molecule has 0 saturated carbocycles. The van der Waals surface area contributed by atoms with Crippen molar-refractivity contribution in [2.45, 2.75) is 18.9 Å². The second-order valence-electron chi connectivity index (χ2n) is 3.95. The minimum atomic E-state index is -0.445. The van der Waals surface area contributed by atoms with Crippen LogP contribution in [0.25, 0.3) is 0 Å². The number of nitrogens with one attached hydrogen (secondary N) is 2. The van der Waals surface area contributed by atoms with E-state index in [1.54, 1.807) is 12.1 Å². The number of urea groups is 1. The SMILES string of the molecule is O=C(NC[C@@H]1CCCO1)Nc1ccccc1F. The molecule has 1 aliphatic heterocycles. The minimum absolute atomic E-state index is 0.0846. The average molecular weight is 238 g/mol. The maximum atomic E-state index is 13.2. The van der Waals surface area contributed by atoms with Crippen LogP contribution in [0.4, 0.5) is 14.9 Å². The van der Waals surface area contributed by atoms with Crippen molar-refractivity contribution in [3.05, 3.63) is 30.1 Å². The molecule has 1 aromatic rings. The zero-order valence-electron chi connectivity index (χ0n) is 9.41. The lowest BCUT2D eigenvalue weighted by Crippen LogP contribution is -2.35. The fourth-order valence-electron chi connectivity index (χ4n) is 1.74. The van der Waals surface area contributed by atoms with Crippen molar-refractivity contribution in [1.82, 2.24) is 5.32 Å². The zero-order valence-corrected chi connectivity index (χ0v) is 9.41. The summed E-state index contributed by atoms with van der Waals surface area (Å²) < 4.78 is 18.6. The summed E-state index contributed by atoms with van der Waals surface area (Å²) in [5.74, 6) is -0.445. The van der Waals surface area contributed by atoms with E-state index in [0.29, 0.717) is 6.54 Å². The van der Waals surface area contributed by atoms with Crippen LogP contribution in [-0.2, 0) is 4.74 Å². The summed E-state index contributed by atoms with van der Waals surface area (Å²) in [5.41, 5.74) is 0.178. The highest BCUT2D eigenvalue weighted by Crippen LogP contribution is 2.13. The molecule has 17 heavy (non-hydrogen) atoms. The Kier molecular flexibility index (Phi) is 3.93. The van der Waals surface area contributed by atoms with Crippen LogP contribution in [0.2, 0.25) is 0 Å². The van der Waals surface area contributed by atoms with Gasteiger partial charge >= 0.3 is 6.03 Å². The number of anilines is 1. The van der Waals surface area contributed by atoms with Crippen molar-refractivity contribution in [3.63, 3.8) is 0 Å². The standard InChI is InChI=1S/C12H15FN2O2/c13-10-5-1-2-6-11(10)15-12(16)14-8-9-4-3-7-17-9/h1-2,5-6,9H,3-4,7-8H2,(H2,14,15,16)/t9-/m0/s1. The van der Waals surface area contributed by atoms with Crippen molar-refractivity contribution in [1.29, 1.82) is 0 Å². The van der Waals surface area contributed by atoms with E-state index in [0.717, 1.165) is 19.4 Å². The van der Waals surface area contributed by atoms with E-state index < -0.39 is 11.8 Å². The van der Waals surface area contributed by atoms with Gasteiger partial charge in [0.25, 0.3) is 0 Å². The molecule has 2 rings (SSSR count). The molecule has 5 heteroatoms. The van der Waals surface area contributed by atoms with Gasteiger partial charge in [-0.05, 0) is 25.0 Å². The first-order valence-electron chi connectivity index (χ1n) is 5.66. The zero-order chi connectivity index (χ0) is 12.1. The summed E-state index contributed by atoms with van der Waals surface area (Å²) in [6.07, 6.45) is 2.07. The van der Waals surface area contributed by atoms with Crippen molar-refractivity contribution in [3.8, 4) is 0 Å². The molecule has 0 radical (unpaired) electrons. The Hall–Kier alpha value is -1.62. The van der Waals surface area contributed by atoms with Gasteiger partial charge in [0.2, 0.25) is 0 Å². The summed E-state index contributed by atoms with van der Waals surface area (Å²) in [5, 5.41) is 5.11. The molecule has 1 aliphatic rings. The lowest BCUT2D eigenvalue weighted by Gasteiger charge is -2.11. The topological polar surface area (TPSA) is 50.4 Å². The molecular weight excluding hydrogens is 223 g/mol. The Bertz CT molecular complexity index is 392. The first kappa shape index (κ1) is 11.9. The summed E-state index contributed by atoms with van der Waals surface area (Å²) in [4.78, 5) is 11.5. The van der Waals surface area contributed by atoms with Crippen LogP contribution in [0.15, 0.2) is 24.3 Å². The predicted molar refractivity (Wildman–Crippen MR) is 62.4 cm³/mol. The number of para-hydroxylation sites is 1. The van der Waals surface area contributed by atoms with E-state index >= 15 is 0 Å². The van der Waals surface area contributed by atoms with Gasteiger partial charge in [-0.15, -0.1) is 0 Å². The van der Waals surface area contributed by atoms with E-state index in [4.69, 9.17) is 4.74 Å². The monoisotopic (exact) mass is 238 g/mol. The molecule has 4 nitrogen and oxygen atoms in total. The third-order valence-corrected chi connectivity index (χ3v) is 2.64. The maximum absolute atomic E-state index is 13.2. The number of rotatable bonds is 3. The number of carbonyl (C=O) groups is 1. The molecule has 92 valence electrons. The lowest BCUT2D eigenvalue weighted by atomic mass is 10.2. The molecule has 1 saturated heterocycles.